The number of ether oxygens (including phenoxy) is 1. The Morgan fingerprint density at radius 3 is 2.61 bits per heavy atom. The summed E-state index contributed by atoms with van der Waals surface area (Å²) in [6.07, 6.45) is 0.364. The van der Waals surface area contributed by atoms with E-state index in [1.165, 1.54) is 0 Å². The molecule has 0 unspecified atom stereocenters. The molecule has 4 rings (SSSR count). The molecule has 0 saturated heterocycles. The lowest BCUT2D eigenvalue weighted by Gasteiger charge is -2.12. The van der Waals surface area contributed by atoms with Crippen molar-refractivity contribution in [3.63, 3.8) is 0 Å². The number of hydrogen-bond donors (Lipinski definition) is 1. The molecule has 0 fully saturated rings. The zero-order chi connectivity index (χ0) is 23.2. The number of anilines is 1. The first kappa shape index (κ1) is 21.8. The summed E-state index contributed by atoms with van der Waals surface area (Å²) in [5.41, 5.74) is 5.29. The Hall–Kier alpha value is -4.44. The van der Waals surface area contributed by atoms with Crippen molar-refractivity contribution in [2.45, 2.75) is 26.9 Å². The number of hydrogen-bond acceptors (Lipinski definition) is 5. The van der Waals surface area contributed by atoms with Crippen LogP contribution in [0.25, 0.3) is 5.69 Å². The summed E-state index contributed by atoms with van der Waals surface area (Å²) in [6, 6.07) is 24.9. The first-order valence-electron chi connectivity index (χ1n) is 10.5. The Labute approximate surface area is 192 Å². The number of benzene rings is 3. The van der Waals surface area contributed by atoms with Crippen LogP contribution in [0.4, 0.5) is 5.69 Å². The van der Waals surface area contributed by atoms with Gasteiger partial charge in [-0.15, -0.1) is 5.10 Å². The molecule has 3 aromatic carbocycles. The molecule has 7 heteroatoms. The van der Waals surface area contributed by atoms with Gasteiger partial charge in [-0.1, -0.05) is 47.7 Å². The van der Waals surface area contributed by atoms with Crippen LogP contribution in [-0.2, 0) is 13.0 Å². The average Bonchev–Trinajstić information content (AvgIpc) is 3.21. The molecule has 0 spiro atoms. The van der Waals surface area contributed by atoms with E-state index in [1.54, 1.807) is 4.68 Å². The smallest absolute Gasteiger partial charge is 0.278 e. The fourth-order valence-corrected chi connectivity index (χ4v) is 3.45. The van der Waals surface area contributed by atoms with E-state index in [9.17, 15) is 4.79 Å². The van der Waals surface area contributed by atoms with Crippen LogP contribution in [0.2, 0.25) is 0 Å². The van der Waals surface area contributed by atoms with Gasteiger partial charge in [0.1, 0.15) is 12.4 Å². The third-order valence-corrected chi connectivity index (χ3v) is 5.22. The zero-order valence-electron chi connectivity index (χ0n) is 18.4. The van der Waals surface area contributed by atoms with Crippen LogP contribution >= 0.6 is 0 Å². The van der Waals surface area contributed by atoms with Gasteiger partial charge >= 0.3 is 0 Å². The first-order chi connectivity index (χ1) is 16.0. The van der Waals surface area contributed by atoms with Gasteiger partial charge in [-0.3, -0.25) is 4.79 Å². The maximum atomic E-state index is 13.0. The number of rotatable bonds is 7. The number of carbonyl (C=O) groups excluding carboxylic acids is 1. The molecule has 1 aromatic heterocycles. The van der Waals surface area contributed by atoms with Crippen molar-refractivity contribution >= 4 is 11.6 Å². The maximum absolute atomic E-state index is 13.0. The van der Waals surface area contributed by atoms with E-state index in [1.807, 2.05) is 86.6 Å². The van der Waals surface area contributed by atoms with E-state index in [2.05, 4.69) is 21.7 Å². The Morgan fingerprint density at radius 1 is 1.06 bits per heavy atom. The summed E-state index contributed by atoms with van der Waals surface area (Å²) in [5, 5.41) is 20.0. The Balaban J connectivity index is 1.48. The van der Waals surface area contributed by atoms with Gasteiger partial charge in [0.05, 0.1) is 23.9 Å². The molecular formula is C26H23N5O2. The number of aromatic nitrogens is 3. The molecule has 164 valence electrons. The molecule has 0 saturated carbocycles. The number of nitrogens with zero attached hydrogens (tertiary/aromatic N) is 4. The van der Waals surface area contributed by atoms with Crippen molar-refractivity contribution in [3.05, 3.63) is 101 Å². The van der Waals surface area contributed by atoms with Crippen LogP contribution in [-0.4, -0.2) is 20.9 Å². The van der Waals surface area contributed by atoms with Gasteiger partial charge < -0.3 is 10.1 Å². The van der Waals surface area contributed by atoms with Gasteiger partial charge in [-0.05, 0) is 55.3 Å². The highest BCUT2D eigenvalue weighted by Gasteiger charge is 2.18. The SMILES string of the molecule is Cc1cccc(-n2nnc(C(=O)Nc3ccccc3COc3ccc(CC#N)cc3)c2C)c1. The lowest BCUT2D eigenvalue weighted by molar-refractivity contribution is 0.102. The molecule has 4 aromatic rings. The van der Waals surface area contributed by atoms with Crippen molar-refractivity contribution in [2.75, 3.05) is 5.32 Å². The second kappa shape index (κ2) is 9.79. The van der Waals surface area contributed by atoms with Gasteiger partial charge in [0.2, 0.25) is 0 Å². The second-order valence-corrected chi connectivity index (χ2v) is 7.65. The lowest BCUT2D eigenvalue weighted by Crippen LogP contribution is -2.16. The van der Waals surface area contributed by atoms with Crippen molar-refractivity contribution in [3.8, 4) is 17.5 Å². The number of nitrogens with one attached hydrogen (secondary N) is 1. The number of aryl methyl sites for hydroxylation is 1. The van der Waals surface area contributed by atoms with Gasteiger partial charge in [-0.25, -0.2) is 4.68 Å². The molecule has 0 aliphatic heterocycles. The first-order valence-corrected chi connectivity index (χ1v) is 10.5. The van der Waals surface area contributed by atoms with Gasteiger partial charge in [0.25, 0.3) is 5.91 Å². The van der Waals surface area contributed by atoms with E-state index in [-0.39, 0.29) is 18.2 Å². The van der Waals surface area contributed by atoms with Crippen LogP contribution in [0.3, 0.4) is 0 Å². The van der Waals surface area contributed by atoms with Crippen LogP contribution in [0.5, 0.6) is 5.75 Å². The molecule has 1 N–H and O–H groups in total. The largest absolute Gasteiger partial charge is 0.489 e. The molecule has 1 heterocycles. The van der Waals surface area contributed by atoms with E-state index in [0.717, 1.165) is 22.4 Å². The summed E-state index contributed by atoms with van der Waals surface area (Å²) < 4.78 is 7.54. The molecule has 0 atom stereocenters. The Bertz CT molecular complexity index is 1320. The van der Waals surface area contributed by atoms with Crippen molar-refractivity contribution in [2.24, 2.45) is 0 Å². The summed E-state index contributed by atoms with van der Waals surface area (Å²) in [7, 11) is 0. The Kier molecular flexibility index (Phi) is 6.46. The third-order valence-electron chi connectivity index (χ3n) is 5.22. The predicted octanol–water partition coefficient (Wildman–Crippen LogP) is 4.78. The van der Waals surface area contributed by atoms with Crippen LogP contribution < -0.4 is 10.1 Å². The number of para-hydroxylation sites is 1. The molecule has 33 heavy (non-hydrogen) atoms. The number of amides is 1. The molecular weight excluding hydrogens is 414 g/mol. The van der Waals surface area contributed by atoms with Gasteiger partial charge in [0.15, 0.2) is 5.69 Å². The average molecular weight is 438 g/mol. The fraction of sp³-hybridized carbons (Fsp3) is 0.154. The third kappa shape index (κ3) is 5.08. The van der Waals surface area contributed by atoms with Crippen molar-refractivity contribution < 1.29 is 9.53 Å². The van der Waals surface area contributed by atoms with Crippen LogP contribution in [0.15, 0.2) is 72.8 Å². The van der Waals surface area contributed by atoms with Crippen molar-refractivity contribution in [1.82, 2.24) is 15.0 Å². The summed E-state index contributed by atoms with van der Waals surface area (Å²) in [4.78, 5) is 13.0. The summed E-state index contributed by atoms with van der Waals surface area (Å²) in [6.45, 7) is 4.11. The number of carbonyl (C=O) groups is 1. The molecule has 0 aliphatic carbocycles. The minimum absolute atomic E-state index is 0.264. The second-order valence-electron chi connectivity index (χ2n) is 7.65. The van der Waals surface area contributed by atoms with Crippen LogP contribution in [0, 0.1) is 25.2 Å². The molecule has 0 aliphatic rings. The highest BCUT2D eigenvalue weighted by Crippen LogP contribution is 2.21. The maximum Gasteiger partial charge on any atom is 0.278 e. The quantitative estimate of drug-likeness (QED) is 0.449. The lowest BCUT2D eigenvalue weighted by atomic mass is 10.1. The summed E-state index contributed by atoms with van der Waals surface area (Å²) >= 11 is 0. The highest BCUT2D eigenvalue weighted by atomic mass is 16.5. The van der Waals surface area contributed by atoms with Gasteiger partial charge in [0, 0.05) is 11.3 Å². The van der Waals surface area contributed by atoms with E-state index in [4.69, 9.17) is 10.00 Å². The minimum atomic E-state index is -0.334. The van der Waals surface area contributed by atoms with E-state index < -0.39 is 0 Å². The summed E-state index contributed by atoms with van der Waals surface area (Å²) in [5.74, 6) is 0.356. The highest BCUT2D eigenvalue weighted by molar-refractivity contribution is 6.04. The minimum Gasteiger partial charge on any atom is -0.489 e. The van der Waals surface area contributed by atoms with Crippen molar-refractivity contribution in [1.29, 1.82) is 5.26 Å². The topological polar surface area (TPSA) is 92.8 Å². The molecule has 0 radical (unpaired) electrons. The van der Waals surface area contributed by atoms with Gasteiger partial charge in [-0.2, -0.15) is 5.26 Å². The number of nitriles is 1. The monoisotopic (exact) mass is 437 g/mol. The Morgan fingerprint density at radius 2 is 1.85 bits per heavy atom. The molecule has 1 amide bonds. The van der Waals surface area contributed by atoms with E-state index in [0.29, 0.717) is 23.6 Å². The normalized spacial score (nSPS) is 10.5. The standard InChI is InChI=1S/C26H23N5O2/c1-18-6-5-8-22(16-18)31-19(2)25(29-30-31)26(32)28-24-9-4-3-7-21(24)17-33-23-12-10-20(11-13-23)14-15-27/h3-13,16H,14,17H2,1-2H3,(H,28,32). The molecule has 0 bridgehead atoms. The van der Waals surface area contributed by atoms with E-state index >= 15 is 0 Å². The fourth-order valence-electron chi connectivity index (χ4n) is 3.45. The zero-order valence-corrected chi connectivity index (χ0v) is 18.4. The predicted molar refractivity (Wildman–Crippen MR) is 125 cm³/mol. The molecule has 7 nitrogen and oxygen atoms in total. The van der Waals surface area contributed by atoms with Crippen LogP contribution in [0.1, 0.15) is 32.9 Å².